The molecule has 0 heterocycles. The molecule has 1 saturated carbocycles. The van der Waals surface area contributed by atoms with Crippen LogP contribution < -0.4 is 0 Å². The SMILES string of the molecule is CCCC=C1CCC(=CCCC(C)C)C1=O. The van der Waals surface area contributed by atoms with Crippen LogP contribution in [0.1, 0.15) is 59.3 Å². The van der Waals surface area contributed by atoms with Crippen LogP contribution in [0.4, 0.5) is 0 Å². The Kier molecular flexibility index (Phi) is 5.51. The zero-order valence-corrected chi connectivity index (χ0v) is 10.9. The molecule has 0 spiro atoms. The van der Waals surface area contributed by atoms with Crippen LogP contribution in [0, 0.1) is 5.92 Å². The molecule has 1 aliphatic carbocycles. The molecule has 1 heteroatoms. The summed E-state index contributed by atoms with van der Waals surface area (Å²) in [6.45, 7) is 6.60. The number of ketones is 1. The molecule has 1 nitrogen and oxygen atoms in total. The summed E-state index contributed by atoms with van der Waals surface area (Å²) in [6, 6.07) is 0. The minimum atomic E-state index is 0.317. The van der Waals surface area contributed by atoms with Crippen molar-refractivity contribution in [3.63, 3.8) is 0 Å². The van der Waals surface area contributed by atoms with Crippen LogP contribution in [-0.4, -0.2) is 5.78 Å². The van der Waals surface area contributed by atoms with Gasteiger partial charge in [-0.1, -0.05) is 39.3 Å². The lowest BCUT2D eigenvalue weighted by molar-refractivity contribution is -0.111. The van der Waals surface area contributed by atoms with E-state index in [1.165, 1.54) is 6.42 Å². The molecule has 0 N–H and O–H groups in total. The maximum Gasteiger partial charge on any atom is 0.184 e. The smallest absolute Gasteiger partial charge is 0.184 e. The number of unbranched alkanes of at least 4 members (excludes halogenated alkanes) is 1. The molecule has 0 aromatic heterocycles. The number of carbonyl (C=O) groups excluding carboxylic acids is 1. The average Bonchev–Trinajstić information content (AvgIpc) is 2.57. The third-order valence-corrected chi connectivity index (χ3v) is 3.06. The second kappa shape index (κ2) is 6.67. The van der Waals surface area contributed by atoms with E-state index in [4.69, 9.17) is 0 Å². The van der Waals surface area contributed by atoms with Gasteiger partial charge < -0.3 is 0 Å². The molecule has 0 bridgehead atoms. The molecule has 0 aliphatic heterocycles. The zero-order chi connectivity index (χ0) is 12.0. The summed E-state index contributed by atoms with van der Waals surface area (Å²) in [5.74, 6) is 1.04. The Labute approximate surface area is 99.6 Å². The molecule has 0 unspecified atom stereocenters. The Morgan fingerprint density at radius 2 is 1.69 bits per heavy atom. The summed E-state index contributed by atoms with van der Waals surface area (Å²) in [7, 11) is 0. The van der Waals surface area contributed by atoms with E-state index in [1.807, 2.05) is 0 Å². The van der Waals surface area contributed by atoms with E-state index in [0.717, 1.165) is 49.2 Å². The normalized spacial score (nSPS) is 21.6. The minimum absolute atomic E-state index is 0.317. The topological polar surface area (TPSA) is 17.1 Å². The molecular weight excluding hydrogens is 196 g/mol. The molecular formula is C15H24O. The first-order valence-corrected chi connectivity index (χ1v) is 6.58. The minimum Gasteiger partial charge on any atom is -0.289 e. The largest absolute Gasteiger partial charge is 0.289 e. The van der Waals surface area contributed by atoms with E-state index in [1.54, 1.807) is 0 Å². The van der Waals surface area contributed by atoms with E-state index >= 15 is 0 Å². The second-order valence-corrected chi connectivity index (χ2v) is 5.05. The van der Waals surface area contributed by atoms with E-state index in [-0.39, 0.29) is 0 Å². The third-order valence-electron chi connectivity index (χ3n) is 3.06. The van der Waals surface area contributed by atoms with Gasteiger partial charge in [-0.05, 0) is 49.2 Å². The molecule has 0 aromatic rings. The molecule has 0 saturated heterocycles. The highest BCUT2D eigenvalue weighted by atomic mass is 16.1. The fraction of sp³-hybridized carbons (Fsp3) is 0.667. The Morgan fingerprint density at radius 1 is 1.12 bits per heavy atom. The lowest BCUT2D eigenvalue weighted by Gasteiger charge is -2.00. The molecule has 0 amide bonds. The second-order valence-electron chi connectivity index (χ2n) is 5.05. The molecule has 1 rings (SSSR count). The Hall–Kier alpha value is -0.850. The number of Topliss-reactive ketones (excluding diaryl/α,β-unsaturated/α-hetero) is 1. The first-order valence-electron chi connectivity index (χ1n) is 6.58. The standard InChI is InChI=1S/C15H24O/c1-4-5-8-13-10-11-14(15(13)16)9-6-7-12(2)3/h8-9,12H,4-7,10-11H2,1-3H3. The summed E-state index contributed by atoms with van der Waals surface area (Å²) < 4.78 is 0. The fourth-order valence-corrected chi connectivity index (χ4v) is 2.00. The predicted molar refractivity (Wildman–Crippen MR) is 69.4 cm³/mol. The number of rotatable bonds is 5. The van der Waals surface area contributed by atoms with Crippen LogP contribution in [0.5, 0.6) is 0 Å². The highest BCUT2D eigenvalue weighted by Crippen LogP contribution is 2.27. The van der Waals surface area contributed by atoms with Crippen LogP contribution in [0.15, 0.2) is 23.3 Å². The van der Waals surface area contributed by atoms with Crippen molar-refractivity contribution < 1.29 is 4.79 Å². The monoisotopic (exact) mass is 220 g/mol. The van der Waals surface area contributed by atoms with Crippen molar-refractivity contribution in [2.24, 2.45) is 5.92 Å². The van der Waals surface area contributed by atoms with Crippen molar-refractivity contribution >= 4 is 5.78 Å². The first kappa shape index (κ1) is 13.2. The highest BCUT2D eigenvalue weighted by molar-refractivity contribution is 6.10. The number of carbonyl (C=O) groups is 1. The van der Waals surface area contributed by atoms with Gasteiger partial charge in [0.25, 0.3) is 0 Å². The quantitative estimate of drug-likeness (QED) is 0.626. The summed E-state index contributed by atoms with van der Waals surface area (Å²) >= 11 is 0. The Morgan fingerprint density at radius 3 is 2.19 bits per heavy atom. The Bertz CT molecular complexity index is 295. The van der Waals surface area contributed by atoms with Crippen LogP contribution >= 0.6 is 0 Å². The maximum absolute atomic E-state index is 12.0. The van der Waals surface area contributed by atoms with Crippen LogP contribution in [0.25, 0.3) is 0 Å². The first-order chi connectivity index (χ1) is 7.65. The van der Waals surface area contributed by atoms with Gasteiger partial charge in [-0.15, -0.1) is 0 Å². The number of hydrogen-bond acceptors (Lipinski definition) is 1. The van der Waals surface area contributed by atoms with Crippen molar-refractivity contribution in [1.82, 2.24) is 0 Å². The van der Waals surface area contributed by atoms with Crippen LogP contribution in [0.2, 0.25) is 0 Å². The molecule has 1 fully saturated rings. The highest BCUT2D eigenvalue weighted by Gasteiger charge is 2.21. The van der Waals surface area contributed by atoms with E-state index in [0.29, 0.717) is 5.78 Å². The van der Waals surface area contributed by atoms with Crippen LogP contribution in [0.3, 0.4) is 0 Å². The van der Waals surface area contributed by atoms with Gasteiger partial charge in [0.05, 0.1) is 0 Å². The Balaban J connectivity index is 2.50. The molecule has 16 heavy (non-hydrogen) atoms. The van der Waals surface area contributed by atoms with Crippen molar-refractivity contribution in [2.45, 2.75) is 59.3 Å². The van der Waals surface area contributed by atoms with Gasteiger partial charge in [-0.25, -0.2) is 0 Å². The third kappa shape index (κ3) is 3.96. The van der Waals surface area contributed by atoms with Gasteiger partial charge in [0.2, 0.25) is 0 Å². The maximum atomic E-state index is 12.0. The van der Waals surface area contributed by atoms with E-state index in [9.17, 15) is 4.79 Å². The van der Waals surface area contributed by atoms with Crippen molar-refractivity contribution in [2.75, 3.05) is 0 Å². The summed E-state index contributed by atoms with van der Waals surface area (Å²) in [5, 5.41) is 0. The molecule has 0 aromatic carbocycles. The lowest BCUT2D eigenvalue weighted by Crippen LogP contribution is -1.96. The number of hydrogen-bond donors (Lipinski definition) is 0. The van der Waals surface area contributed by atoms with Gasteiger partial charge >= 0.3 is 0 Å². The summed E-state index contributed by atoms with van der Waals surface area (Å²) in [5.41, 5.74) is 2.11. The molecule has 90 valence electrons. The fourth-order valence-electron chi connectivity index (χ4n) is 2.00. The van der Waals surface area contributed by atoms with Gasteiger partial charge in [0, 0.05) is 0 Å². The van der Waals surface area contributed by atoms with Crippen molar-refractivity contribution in [3.05, 3.63) is 23.3 Å². The van der Waals surface area contributed by atoms with E-state index < -0.39 is 0 Å². The molecule has 0 atom stereocenters. The predicted octanol–water partition coefficient (Wildman–Crippen LogP) is 4.44. The van der Waals surface area contributed by atoms with Gasteiger partial charge in [-0.3, -0.25) is 4.79 Å². The van der Waals surface area contributed by atoms with Gasteiger partial charge in [-0.2, -0.15) is 0 Å². The van der Waals surface area contributed by atoms with Gasteiger partial charge in [0.1, 0.15) is 0 Å². The molecule has 1 aliphatic rings. The average molecular weight is 220 g/mol. The molecule has 0 radical (unpaired) electrons. The van der Waals surface area contributed by atoms with Gasteiger partial charge in [0.15, 0.2) is 5.78 Å². The van der Waals surface area contributed by atoms with Crippen LogP contribution in [-0.2, 0) is 4.79 Å². The summed E-state index contributed by atoms with van der Waals surface area (Å²) in [6.07, 6.45) is 10.6. The number of allylic oxidation sites excluding steroid dienone is 4. The zero-order valence-electron chi connectivity index (χ0n) is 10.9. The summed E-state index contributed by atoms with van der Waals surface area (Å²) in [4.78, 5) is 12.0. The van der Waals surface area contributed by atoms with E-state index in [2.05, 4.69) is 32.9 Å². The van der Waals surface area contributed by atoms with Crippen molar-refractivity contribution in [1.29, 1.82) is 0 Å². The lowest BCUT2D eigenvalue weighted by atomic mass is 10.1. The van der Waals surface area contributed by atoms with Crippen molar-refractivity contribution in [3.8, 4) is 0 Å².